The third-order valence-electron chi connectivity index (χ3n) is 4.01. The number of hydrogen-bond acceptors (Lipinski definition) is 2. The van der Waals surface area contributed by atoms with E-state index in [4.69, 9.17) is 5.73 Å². The lowest BCUT2D eigenvalue weighted by atomic mass is 9.96. The van der Waals surface area contributed by atoms with E-state index in [1.54, 1.807) is 0 Å². The molecule has 3 nitrogen and oxygen atoms in total. The summed E-state index contributed by atoms with van der Waals surface area (Å²) >= 11 is 0. The van der Waals surface area contributed by atoms with Crippen molar-refractivity contribution in [1.29, 1.82) is 0 Å². The summed E-state index contributed by atoms with van der Waals surface area (Å²) < 4.78 is 0. The van der Waals surface area contributed by atoms with E-state index in [1.807, 2.05) is 49.4 Å². The van der Waals surface area contributed by atoms with E-state index in [0.717, 1.165) is 17.5 Å². The number of nitrogens with one attached hydrogen (secondary N) is 1. The van der Waals surface area contributed by atoms with E-state index in [1.165, 1.54) is 5.56 Å². The largest absolute Gasteiger partial charge is 0.354 e. The fourth-order valence-electron chi connectivity index (χ4n) is 2.48. The van der Waals surface area contributed by atoms with Crippen LogP contribution in [0.3, 0.4) is 0 Å². The number of benzene rings is 2. The number of halogens is 1. The van der Waals surface area contributed by atoms with Gasteiger partial charge in [0.05, 0.1) is 0 Å². The van der Waals surface area contributed by atoms with Crippen molar-refractivity contribution >= 4 is 18.3 Å². The third kappa shape index (κ3) is 5.38. The molecule has 2 unspecified atom stereocenters. The second-order valence-electron chi connectivity index (χ2n) is 5.65. The van der Waals surface area contributed by atoms with Gasteiger partial charge in [-0.25, -0.2) is 0 Å². The second-order valence-corrected chi connectivity index (χ2v) is 5.65. The van der Waals surface area contributed by atoms with Gasteiger partial charge in [0, 0.05) is 12.5 Å². The van der Waals surface area contributed by atoms with Gasteiger partial charge in [-0.15, -0.1) is 12.4 Å². The fourth-order valence-corrected chi connectivity index (χ4v) is 2.48. The molecule has 2 aromatic carbocycles. The molecule has 0 spiro atoms. The Morgan fingerprint density at radius 3 is 2.22 bits per heavy atom. The summed E-state index contributed by atoms with van der Waals surface area (Å²) in [6.45, 7) is 4.75. The smallest absolute Gasteiger partial charge is 0.241 e. The number of nitrogens with two attached hydrogens (primary N) is 1. The number of carbonyl (C=O) groups excluding carboxylic acids is 1. The molecule has 0 aliphatic rings. The van der Waals surface area contributed by atoms with Crippen LogP contribution in [0.25, 0.3) is 0 Å². The molecule has 0 aromatic heterocycles. The molecule has 0 bridgehead atoms. The molecule has 0 radical (unpaired) electrons. The van der Waals surface area contributed by atoms with Crippen molar-refractivity contribution in [3.05, 3.63) is 71.3 Å². The van der Waals surface area contributed by atoms with Crippen molar-refractivity contribution in [2.45, 2.75) is 32.2 Å². The lowest BCUT2D eigenvalue weighted by Crippen LogP contribution is -2.36. The predicted octanol–water partition coefficient (Wildman–Crippen LogP) is 3.73. The van der Waals surface area contributed by atoms with E-state index in [0.29, 0.717) is 12.5 Å². The Morgan fingerprint density at radius 2 is 1.65 bits per heavy atom. The van der Waals surface area contributed by atoms with Gasteiger partial charge in [-0.05, 0) is 24.5 Å². The fraction of sp³-hybridized carbons (Fsp3) is 0.316. The average molecular weight is 333 g/mol. The molecule has 0 aliphatic heterocycles. The first-order chi connectivity index (χ1) is 10.6. The lowest BCUT2D eigenvalue weighted by Gasteiger charge is -2.18. The topological polar surface area (TPSA) is 55.1 Å². The van der Waals surface area contributed by atoms with Crippen LogP contribution in [0.4, 0.5) is 0 Å². The Labute approximate surface area is 144 Å². The minimum Gasteiger partial charge on any atom is -0.354 e. The first-order valence-electron chi connectivity index (χ1n) is 7.76. The zero-order valence-electron chi connectivity index (χ0n) is 13.7. The molecule has 0 saturated heterocycles. The van der Waals surface area contributed by atoms with Crippen LogP contribution in [0, 0.1) is 6.92 Å². The molecule has 0 fully saturated rings. The molecule has 0 aliphatic carbocycles. The van der Waals surface area contributed by atoms with Gasteiger partial charge in [0.2, 0.25) is 5.91 Å². The molecule has 23 heavy (non-hydrogen) atoms. The summed E-state index contributed by atoms with van der Waals surface area (Å²) in [5.74, 6) is 0.189. The summed E-state index contributed by atoms with van der Waals surface area (Å²) in [7, 11) is 0. The van der Waals surface area contributed by atoms with Crippen molar-refractivity contribution in [1.82, 2.24) is 5.32 Å². The van der Waals surface area contributed by atoms with Gasteiger partial charge in [0.25, 0.3) is 0 Å². The van der Waals surface area contributed by atoms with E-state index in [2.05, 4.69) is 24.4 Å². The summed E-state index contributed by atoms with van der Waals surface area (Å²) in [5.41, 5.74) is 9.29. The van der Waals surface area contributed by atoms with Crippen LogP contribution in [0.5, 0.6) is 0 Å². The molecule has 0 heterocycles. The molecule has 4 heteroatoms. The highest BCUT2D eigenvalue weighted by Gasteiger charge is 2.17. The second kappa shape index (κ2) is 9.33. The van der Waals surface area contributed by atoms with Crippen LogP contribution in [-0.4, -0.2) is 12.5 Å². The van der Waals surface area contributed by atoms with Crippen molar-refractivity contribution in [3.8, 4) is 0 Å². The molecule has 2 aromatic rings. The van der Waals surface area contributed by atoms with Crippen LogP contribution in [-0.2, 0) is 4.79 Å². The lowest BCUT2D eigenvalue weighted by molar-refractivity contribution is -0.122. The average Bonchev–Trinajstić information content (AvgIpc) is 2.56. The van der Waals surface area contributed by atoms with Crippen molar-refractivity contribution in [2.75, 3.05) is 6.54 Å². The van der Waals surface area contributed by atoms with Crippen molar-refractivity contribution < 1.29 is 4.79 Å². The number of carbonyl (C=O) groups is 1. The number of aryl methyl sites for hydroxylation is 1. The van der Waals surface area contributed by atoms with Gasteiger partial charge >= 0.3 is 0 Å². The highest BCUT2D eigenvalue weighted by molar-refractivity contribution is 5.85. The Hall–Kier alpha value is -1.84. The van der Waals surface area contributed by atoms with E-state index >= 15 is 0 Å². The Bertz CT molecular complexity index is 599. The van der Waals surface area contributed by atoms with Gasteiger partial charge in [-0.1, -0.05) is 67.1 Å². The maximum Gasteiger partial charge on any atom is 0.241 e. The molecule has 2 atom stereocenters. The Morgan fingerprint density at radius 1 is 1.04 bits per heavy atom. The molecular formula is C19H25ClN2O. The zero-order chi connectivity index (χ0) is 15.9. The van der Waals surface area contributed by atoms with Crippen molar-refractivity contribution in [2.24, 2.45) is 5.73 Å². The molecule has 124 valence electrons. The number of rotatable bonds is 6. The van der Waals surface area contributed by atoms with E-state index in [9.17, 15) is 4.79 Å². The van der Waals surface area contributed by atoms with Crippen LogP contribution in [0.15, 0.2) is 54.6 Å². The van der Waals surface area contributed by atoms with Gasteiger partial charge in [0.1, 0.15) is 6.04 Å². The quantitative estimate of drug-likeness (QED) is 0.847. The van der Waals surface area contributed by atoms with Gasteiger partial charge in [0.15, 0.2) is 0 Å². The van der Waals surface area contributed by atoms with Crippen LogP contribution in [0.2, 0.25) is 0 Å². The predicted molar refractivity (Wildman–Crippen MR) is 97.8 cm³/mol. The third-order valence-corrected chi connectivity index (χ3v) is 4.01. The maximum atomic E-state index is 12.2. The highest BCUT2D eigenvalue weighted by atomic mass is 35.5. The van der Waals surface area contributed by atoms with E-state index < -0.39 is 6.04 Å². The van der Waals surface area contributed by atoms with Gasteiger partial charge in [-0.3, -0.25) is 4.79 Å². The standard InChI is InChI=1S/C19H24N2O.ClH/c1-3-15(16-7-5-4-6-8-16)13-21-19(22)18(20)17-11-9-14(2)10-12-17;/h4-12,15,18H,3,13,20H2,1-2H3,(H,21,22);1H. The Balaban J connectivity index is 0.00000264. The van der Waals surface area contributed by atoms with Crippen molar-refractivity contribution in [3.63, 3.8) is 0 Å². The van der Waals surface area contributed by atoms with Gasteiger partial charge in [-0.2, -0.15) is 0 Å². The zero-order valence-corrected chi connectivity index (χ0v) is 14.5. The van der Waals surface area contributed by atoms with Crippen LogP contribution in [0.1, 0.15) is 42.0 Å². The normalized spacial score (nSPS) is 12.8. The maximum absolute atomic E-state index is 12.2. The minimum atomic E-state index is -0.617. The molecule has 0 saturated carbocycles. The summed E-state index contributed by atoms with van der Waals surface area (Å²) in [4.78, 5) is 12.2. The molecule has 1 amide bonds. The highest BCUT2D eigenvalue weighted by Crippen LogP contribution is 2.18. The van der Waals surface area contributed by atoms with Crippen LogP contribution >= 0.6 is 12.4 Å². The molecule has 3 N–H and O–H groups in total. The monoisotopic (exact) mass is 332 g/mol. The summed E-state index contributed by atoms with van der Waals surface area (Å²) in [6, 6.07) is 17.4. The summed E-state index contributed by atoms with van der Waals surface area (Å²) in [5, 5.41) is 2.98. The molecule has 2 rings (SSSR count). The van der Waals surface area contributed by atoms with Crippen LogP contribution < -0.4 is 11.1 Å². The first kappa shape index (κ1) is 19.2. The summed E-state index contributed by atoms with van der Waals surface area (Å²) in [6.07, 6.45) is 0.976. The van der Waals surface area contributed by atoms with E-state index in [-0.39, 0.29) is 18.3 Å². The number of hydrogen-bond donors (Lipinski definition) is 2. The minimum absolute atomic E-state index is 0. The van der Waals surface area contributed by atoms with Gasteiger partial charge < -0.3 is 11.1 Å². The SMILES string of the molecule is CCC(CNC(=O)C(N)c1ccc(C)cc1)c1ccccc1.Cl. The number of amides is 1. The molecular weight excluding hydrogens is 308 g/mol. The first-order valence-corrected chi connectivity index (χ1v) is 7.76. The Kier molecular flexibility index (Phi) is 7.79.